The highest BCUT2D eigenvalue weighted by Gasteiger charge is 2.35. The molecule has 46 heavy (non-hydrogen) atoms. The van der Waals surface area contributed by atoms with Gasteiger partial charge in [0.15, 0.2) is 11.5 Å². The number of nitrogens with zero attached hydrogens (tertiary/aromatic N) is 2. The number of nitrogens with one attached hydrogen (secondary N) is 1. The van der Waals surface area contributed by atoms with E-state index >= 15 is 0 Å². The highest BCUT2D eigenvalue weighted by atomic mass is 79.9. The van der Waals surface area contributed by atoms with Crippen LogP contribution in [0.2, 0.25) is 0 Å². The highest BCUT2D eigenvalue weighted by molar-refractivity contribution is 9.10. The van der Waals surface area contributed by atoms with E-state index in [-0.39, 0.29) is 40.6 Å². The van der Waals surface area contributed by atoms with E-state index in [1.807, 2.05) is 24.3 Å². The van der Waals surface area contributed by atoms with E-state index in [9.17, 15) is 18.0 Å². The van der Waals surface area contributed by atoms with Gasteiger partial charge in [0.2, 0.25) is 11.8 Å². The second-order valence-corrected chi connectivity index (χ2v) is 13.7. The molecule has 1 saturated carbocycles. The van der Waals surface area contributed by atoms with Crippen molar-refractivity contribution in [3.05, 3.63) is 70.7 Å². The number of methoxy groups -OCH3 is 4. The maximum atomic E-state index is 14.4. The van der Waals surface area contributed by atoms with Gasteiger partial charge in [-0.1, -0.05) is 40.9 Å². The summed E-state index contributed by atoms with van der Waals surface area (Å²) >= 11 is 3.43. The summed E-state index contributed by atoms with van der Waals surface area (Å²) in [6.45, 7) is 1.09. The first-order valence-electron chi connectivity index (χ1n) is 14.8. The molecule has 0 aromatic heterocycles. The molecule has 1 atom stereocenters. The highest BCUT2D eigenvalue weighted by Crippen LogP contribution is 2.38. The van der Waals surface area contributed by atoms with Crippen molar-refractivity contribution in [3.8, 4) is 23.0 Å². The van der Waals surface area contributed by atoms with Crippen molar-refractivity contribution in [2.45, 2.75) is 56.1 Å². The minimum Gasteiger partial charge on any atom is -0.497 e. The lowest BCUT2D eigenvalue weighted by atomic mass is 10.1. The molecule has 0 bridgehead atoms. The molecule has 1 aliphatic carbocycles. The number of benzene rings is 3. The molecule has 0 aliphatic heterocycles. The van der Waals surface area contributed by atoms with Crippen LogP contribution in [-0.2, 0) is 26.2 Å². The summed E-state index contributed by atoms with van der Waals surface area (Å²) in [5.74, 6) is 0.194. The average Bonchev–Trinajstić information content (AvgIpc) is 3.58. The standard InChI is InChI=1S/C33H40BrN3O8S/c1-22(33(39)35-25-8-6-7-9-25)36(20-23-10-12-24(34)13-11-23)32(38)21-37(28-18-26(42-2)14-16-29(28)43-3)46(40,41)27-15-17-30(44-4)31(19-27)45-5/h10-19,22,25H,6-9,20-21H2,1-5H3,(H,35,39)/t22-/m0/s1. The zero-order valence-corrected chi connectivity index (χ0v) is 29.0. The van der Waals surface area contributed by atoms with E-state index in [1.165, 1.54) is 57.6 Å². The minimum absolute atomic E-state index is 0.0440. The van der Waals surface area contributed by atoms with Crippen molar-refractivity contribution < 1.29 is 37.0 Å². The molecule has 13 heteroatoms. The van der Waals surface area contributed by atoms with Crippen molar-refractivity contribution in [3.63, 3.8) is 0 Å². The van der Waals surface area contributed by atoms with Gasteiger partial charge in [-0.05, 0) is 61.7 Å². The maximum Gasteiger partial charge on any atom is 0.265 e. The number of halogens is 1. The number of sulfonamides is 1. The Hall–Kier alpha value is -3.97. The Morgan fingerprint density at radius 2 is 1.50 bits per heavy atom. The van der Waals surface area contributed by atoms with E-state index in [1.54, 1.807) is 19.1 Å². The zero-order valence-electron chi connectivity index (χ0n) is 26.6. The Labute approximate surface area is 278 Å². The van der Waals surface area contributed by atoms with Crippen molar-refractivity contribution in [2.75, 3.05) is 39.3 Å². The van der Waals surface area contributed by atoms with Crippen LogP contribution >= 0.6 is 15.9 Å². The normalized spacial score (nSPS) is 13.9. The SMILES string of the molecule is COc1ccc(OC)c(N(CC(=O)N(Cc2ccc(Br)cc2)[C@@H](C)C(=O)NC2CCCC2)S(=O)(=O)c2ccc(OC)c(OC)c2)c1. The van der Waals surface area contributed by atoms with Gasteiger partial charge in [0.25, 0.3) is 10.0 Å². The topological polar surface area (TPSA) is 124 Å². The van der Waals surface area contributed by atoms with Gasteiger partial charge < -0.3 is 29.2 Å². The molecule has 0 heterocycles. The predicted molar refractivity (Wildman–Crippen MR) is 178 cm³/mol. The number of carbonyl (C=O) groups is 2. The molecule has 11 nitrogen and oxygen atoms in total. The van der Waals surface area contributed by atoms with E-state index < -0.39 is 28.5 Å². The first-order valence-corrected chi connectivity index (χ1v) is 17.1. The summed E-state index contributed by atoms with van der Waals surface area (Å²) in [5, 5.41) is 3.07. The molecule has 3 aromatic rings. The summed E-state index contributed by atoms with van der Waals surface area (Å²) in [7, 11) is 1.27. The Kier molecular flexibility index (Phi) is 11.8. The predicted octanol–water partition coefficient (Wildman–Crippen LogP) is 5.15. The second-order valence-electron chi connectivity index (χ2n) is 10.9. The van der Waals surface area contributed by atoms with E-state index in [0.29, 0.717) is 11.5 Å². The number of anilines is 1. The summed E-state index contributed by atoms with van der Waals surface area (Å²) < 4.78 is 52.3. The van der Waals surface area contributed by atoms with E-state index in [0.717, 1.165) is 40.0 Å². The minimum atomic E-state index is -4.43. The second kappa shape index (κ2) is 15.5. The molecule has 0 saturated heterocycles. The Morgan fingerprint density at radius 3 is 2.11 bits per heavy atom. The monoisotopic (exact) mass is 717 g/mol. The molecule has 1 aliphatic rings. The van der Waals surface area contributed by atoms with Crippen molar-refractivity contribution >= 4 is 43.5 Å². The van der Waals surface area contributed by atoms with Crippen LogP contribution in [0.5, 0.6) is 23.0 Å². The summed E-state index contributed by atoms with van der Waals surface area (Å²) in [6.07, 6.45) is 3.83. The molecule has 1 N–H and O–H groups in total. The molecule has 248 valence electrons. The van der Waals surface area contributed by atoms with Crippen LogP contribution in [0.3, 0.4) is 0 Å². The van der Waals surface area contributed by atoms with Gasteiger partial charge in [0.05, 0.1) is 39.0 Å². The van der Waals surface area contributed by atoms with E-state index in [2.05, 4.69) is 21.2 Å². The Morgan fingerprint density at radius 1 is 0.870 bits per heavy atom. The molecular weight excluding hydrogens is 678 g/mol. The molecule has 0 radical (unpaired) electrons. The number of ether oxygens (including phenoxy) is 4. The number of amides is 2. The molecule has 1 fully saturated rings. The third-order valence-corrected chi connectivity index (χ3v) is 10.3. The smallest absolute Gasteiger partial charge is 0.265 e. The van der Waals surface area contributed by atoms with Gasteiger partial charge in [-0.15, -0.1) is 0 Å². The van der Waals surface area contributed by atoms with Crippen molar-refractivity contribution in [1.82, 2.24) is 10.2 Å². The van der Waals surface area contributed by atoms with E-state index in [4.69, 9.17) is 18.9 Å². The van der Waals surface area contributed by atoms with Crippen molar-refractivity contribution in [1.29, 1.82) is 0 Å². The quantitative estimate of drug-likeness (QED) is 0.243. The molecule has 2 amide bonds. The van der Waals surface area contributed by atoms with Crippen LogP contribution in [0.4, 0.5) is 5.69 Å². The molecule has 4 rings (SSSR count). The molecule has 0 spiro atoms. The fourth-order valence-corrected chi connectivity index (χ4v) is 7.07. The largest absolute Gasteiger partial charge is 0.497 e. The number of hydrogen-bond donors (Lipinski definition) is 1. The van der Waals surface area contributed by atoms with Gasteiger partial charge in [0.1, 0.15) is 24.1 Å². The van der Waals surface area contributed by atoms with Gasteiger partial charge in [-0.3, -0.25) is 13.9 Å². The van der Waals surface area contributed by atoms with Crippen LogP contribution in [0.15, 0.2) is 70.0 Å². The van der Waals surface area contributed by atoms with Crippen LogP contribution in [0.1, 0.15) is 38.2 Å². The molecular formula is C33H40BrN3O8S. The lowest BCUT2D eigenvalue weighted by molar-refractivity contribution is -0.139. The number of hydrogen-bond acceptors (Lipinski definition) is 8. The Balaban J connectivity index is 1.79. The molecule has 0 unspecified atom stereocenters. The fourth-order valence-electron chi connectivity index (χ4n) is 5.37. The first kappa shape index (κ1) is 34.9. The van der Waals surface area contributed by atoms with Gasteiger partial charge in [-0.25, -0.2) is 8.42 Å². The lowest BCUT2D eigenvalue weighted by Crippen LogP contribution is -2.52. The van der Waals surface area contributed by atoms with Gasteiger partial charge in [0, 0.05) is 29.2 Å². The van der Waals surface area contributed by atoms with Crippen LogP contribution < -0.4 is 28.6 Å². The molecule has 3 aromatic carbocycles. The maximum absolute atomic E-state index is 14.4. The first-order chi connectivity index (χ1) is 22.0. The lowest BCUT2D eigenvalue weighted by Gasteiger charge is -2.33. The third-order valence-electron chi connectivity index (χ3n) is 8.01. The zero-order chi connectivity index (χ0) is 33.4. The third kappa shape index (κ3) is 8.05. The van der Waals surface area contributed by atoms with Crippen LogP contribution in [0, 0.1) is 0 Å². The van der Waals surface area contributed by atoms with Crippen LogP contribution in [-0.4, -0.2) is 72.2 Å². The van der Waals surface area contributed by atoms with Crippen LogP contribution in [0.25, 0.3) is 0 Å². The summed E-state index contributed by atoms with van der Waals surface area (Å²) in [5.41, 5.74) is 0.849. The summed E-state index contributed by atoms with van der Waals surface area (Å²) in [4.78, 5) is 29.1. The van der Waals surface area contributed by atoms with Gasteiger partial charge >= 0.3 is 0 Å². The summed E-state index contributed by atoms with van der Waals surface area (Å²) in [6, 6.07) is 15.4. The fraction of sp³-hybridized carbons (Fsp3) is 0.394. The average molecular weight is 719 g/mol. The number of carbonyl (C=O) groups excluding carboxylic acids is 2. The number of rotatable bonds is 14. The Bertz CT molecular complexity index is 1630. The van der Waals surface area contributed by atoms with Crippen molar-refractivity contribution in [2.24, 2.45) is 0 Å². The van der Waals surface area contributed by atoms with Gasteiger partial charge in [-0.2, -0.15) is 0 Å².